The van der Waals surface area contributed by atoms with Crippen LogP contribution in [-0.2, 0) is 13.2 Å². The van der Waals surface area contributed by atoms with Crippen LogP contribution in [0.25, 0.3) is 0 Å². The Morgan fingerprint density at radius 3 is 2.68 bits per heavy atom. The number of pyridine rings is 1. The maximum Gasteiger partial charge on any atom is 0.193 e. The number of ether oxygens (including phenoxy) is 1. The number of aromatic nitrogens is 1. The summed E-state index contributed by atoms with van der Waals surface area (Å²) in [6, 6.07) is 13.9. The van der Waals surface area contributed by atoms with Crippen LogP contribution in [0.15, 0.2) is 66.3 Å². The highest BCUT2D eigenvalue weighted by Crippen LogP contribution is 2.14. The van der Waals surface area contributed by atoms with Gasteiger partial charge in [0.25, 0.3) is 0 Å². The van der Waals surface area contributed by atoms with Crippen LogP contribution in [0, 0.1) is 0 Å². The second-order valence-corrected chi connectivity index (χ2v) is 6.28. The van der Waals surface area contributed by atoms with E-state index < -0.39 is 0 Å². The topological polar surface area (TPSA) is 49.8 Å². The summed E-state index contributed by atoms with van der Waals surface area (Å²) in [5, 5.41) is 3.35. The third-order valence-corrected chi connectivity index (χ3v) is 4.05. The van der Waals surface area contributed by atoms with Crippen LogP contribution in [-0.4, -0.2) is 36.0 Å². The summed E-state index contributed by atoms with van der Waals surface area (Å²) in [6.45, 7) is 8.77. The quantitative estimate of drug-likeness (QED) is 0.172. The molecule has 5 nitrogen and oxygen atoms in total. The van der Waals surface area contributed by atoms with Crippen molar-refractivity contribution in [3.63, 3.8) is 0 Å². The van der Waals surface area contributed by atoms with Crippen molar-refractivity contribution in [2.24, 2.45) is 4.99 Å². The first-order chi connectivity index (χ1) is 13.2. The third kappa shape index (κ3) is 8.73. The normalized spacial score (nSPS) is 10.7. The van der Waals surface area contributed by atoms with Crippen molar-refractivity contribution >= 4 is 29.9 Å². The van der Waals surface area contributed by atoms with Gasteiger partial charge < -0.3 is 15.0 Å². The van der Waals surface area contributed by atoms with E-state index in [1.165, 1.54) is 0 Å². The Bertz CT molecular complexity index is 704. The summed E-state index contributed by atoms with van der Waals surface area (Å²) in [6.07, 6.45) is 5.82. The summed E-state index contributed by atoms with van der Waals surface area (Å²) in [5.74, 6) is 1.76. The van der Waals surface area contributed by atoms with Crippen molar-refractivity contribution in [3.05, 3.63) is 72.6 Å². The number of aliphatic imine (C=N–C) groups is 1. The molecule has 1 heterocycles. The molecule has 1 aromatic heterocycles. The van der Waals surface area contributed by atoms with E-state index in [0.29, 0.717) is 13.2 Å². The van der Waals surface area contributed by atoms with E-state index in [1.807, 2.05) is 36.4 Å². The van der Waals surface area contributed by atoms with Gasteiger partial charge in [-0.15, -0.1) is 30.6 Å². The molecule has 152 valence electrons. The van der Waals surface area contributed by atoms with Gasteiger partial charge in [0.05, 0.1) is 12.2 Å². The minimum atomic E-state index is 0. The number of allylic oxidation sites excluding steroid dienone is 1. The van der Waals surface area contributed by atoms with Crippen LogP contribution in [0.1, 0.15) is 31.0 Å². The molecule has 0 aliphatic carbocycles. The lowest BCUT2D eigenvalue weighted by molar-refractivity contribution is 0.301. The molecule has 0 aliphatic heterocycles. The molecular formula is C22H31IN4O. The number of rotatable bonds is 10. The van der Waals surface area contributed by atoms with Crippen LogP contribution in [0.3, 0.4) is 0 Å². The van der Waals surface area contributed by atoms with Crippen LogP contribution < -0.4 is 10.1 Å². The zero-order valence-electron chi connectivity index (χ0n) is 16.8. The second kappa shape index (κ2) is 14.0. The van der Waals surface area contributed by atoms with E-state index in [2.05, 4.69) is 47.9 Å². The maximum absolute atomic E-state index is 5.78. The first-order valence-corrected chi connectivity index (χ1v) is 9.45. The standard InChI is InChI=1S/C22H30N4O.HI/c1-4-6-9-16-26(3)22(23-5-2)25-17-19-11-13-21(14-12-19)27-18-20-10-7-8-15-24-20;/h4,7-8,10-15H,1,5-6,9,16-18H2,2-3H3,(H,23,25);1H. The van der Waals surface area contributed by atoms with Gasteiger partial charge in [-0.1, -0.05) is 24.3 Å². The van der Waals surface area contributed by atoms with E-state index in [-0.39, 0.29) is 24.0 Å². The maximum atomic E-state index is 5.78. The Balaban J connectivity index is 0.00000392. The Kier molecular flexibility index (Phi) is 12.0. The van der Waals surface area contributed by atoms with Crippen molar-refractivity contribution in [2.45, 2.75) is 32.9 Å². The number of hydrogen-bond acceptors (Lipinski definition) is 3. The van der Waals surface area contributed by atoms with Crippen molar-refractivity contribution in [2.75, 3.05) is 20.1 Å². The number of guanidine groups is 1. The van der Waals surface area contributed by atoms with E-state index in [1.54, 1.807) is 6.20 Å². The first-order valence-electron chi connectivity index (χ1n) is 9.45. The van der Waals surface area contributed by atoms with Gasteiger partial charge in [0.15, 0.2) is 5.96 Å². The highest BCUT2D eigenvalue weighted by atomic mass is 127. The van der Waals surface area contributed by atoms with Gasteiger partial charge in [0, 0.05) is 26.3 Å². The molecule has 0 saturated heterocycles. The van der Waals surface area contributed by atoms with E-state index >= 15 is 0 Å². The van der Waals surface area contributed by atoms with Gasteiger partial charge in [-0.2, -0.15) is 0 Å². The number of halogens is 1. The lowest BCUT2D eigenvalue weighted by Gasteiger charge is -2.21. The summed E-state index contributed by atoms with van der Waals surface area (Å²) >= 11 is 0. The van der Waals surface area contributed by atoms with E-state index in [0.717, 1.165) is 48.9 Å². The minimum absolute atomic E-state index is 0. The Hall–Kier alpha value is -2.09. The number of nitrogens with one attached hydrogen (secondary N) is 1. The van der Waals surface area contributed by atoms with Crippen molar-refractivity contribution in [1.29, 1.82) is 0 Å². The van der Waals surface area contributed by atoms with Gasteiger partial charge in [0.2, 0.25) is 0 Å². The highest BCUT2D eigenvalue weighted by molar-refractivity contribution is 14.0. The average molecular weight is 494 g/mol. The fraction of sp³-hybridized carbons (Fsp3) is 0.364. The lowest BCUT2D eigenvalue weighted by Crippen LogP contribution is -2.39. The Labute approximate surface area is 185 Å². The van der Waals surface area contributed by atoms with Gasteiger partial charge in [0.1, 0.15) is 12.4 Å². The molecule has 0 radical (unpaired) electrons. The summed E-state index contributed by atoms with van der Waals surface area (Å²) in [5.41, 5.74) is 2.07. The molecule has 1 aromatic carbocycles. The van der Waals surface area contributed by atoms with Crippen molar-refractivity contribution in [3.8, 4) is 5.75 Å². The monoisotopic (exact) mass is 494 g/mol. The molecule has 0 aliphatic rings. The molecule has 28 heavy (non-hydrogen) atoms. The number of benzene rings is 1. The predicted molar refractivity (Wildman–Crippen MR) is 127 cm³/mol. The summed E-state index contributed by atoms with van der Waals surface area (Å²) < 4.78 is 5.78. The van der Waals surface area contributed by atoms with Gasteiger partial charge in [-0.05, 0) is 49.6 Å². The molecule has 0 amide bonds. The molecule has 0 bridgehead atoms. The summed E-state index contributed by atoms with van der Waals surface area (Å²) in [4.78, 5) is 11.2. The highest BCUT2D eigenvalue weighted by Gasteiger charge is 2.05. The van der Waals surface area contributed by atoms with E-state index in [9.17, 15) is 0 Å². The smallest absolute Gasteiger partial charge is 0.193 e. The van der Waals surface area contributed by atoms with Crippen LogP contribution >= 0.6 is 24.0 Å². The number of unbranched alkanes of at least 4 members (excludes halogenated alkanes) is 1. The van der Waals surface area contributed by atoms with Crippen LogP contribution in [0.5, 0.6) is 5.75 Å². The van der Waals surface area contributed by atoms with Crippen LogP contribution in [0.2, 0.25) is 0 Å². The largest absolute Gasteiger partial charge is 0.487 e. The molecule has 0 fully saturated rings. The molecule has 0 saturated carbocycles. The molecule has 0 spiro atoms. The molecule has 6 heteroatoms. The van der Waals surface area contributed by atoms with Gasteiger partial charge in [-0.3, -0.25) is 4.98 Å². The molecular weight excluding hydrogens is 463 g/mol. The predicted octanol–water partition coefficient (Wildman–Crippen LogP) is 4.64. The van der Waals surface area contributed by atoms with Crippen LogP contribution in [0.4, 0.5) is 0 Å². The zero-order chi connectivity index (χ0) is 19.3. The minimum Gasteiger partial charge on any atom is -0.487 e. The summed E-state index contributed by atoms with van der Waals surface area (Å²) in [7, 11) is 2.07. The molecule has 2 rings (SSSR count). The Morgan fingerprint density at radius 1 is 1.25 bits per heavy atom. The van der Waals surface area contributed by atoms with Gasteiger partial charge in [-0.25, -0.2) is 4.99 Å². The molecule has 0 atom stereocenters. The Morgan fingerprint density at radius 2 is 2.04 bits per heavy atom. The first kappa shape index (κ1) is 23.9. The molecule has 2 aromatic rings. The molecule has 1 N–H and O–H groups in total. The van der Waals surface area contributed by atoms with E-state index in [4.69, 9.17) is 9.73 Å². The lowest BCUT2D eigenvalue weighted by atomic mass is 10.2. The number of hydrogen-bond donors (Lipinski definition) is 1. The van der Waals surface area contributed by atoms with Gasteiger partial charge >= 0.3 is 0 Å². The molecule has 0 unspecified atom stereocenters. The fourth-order valence-corrected chi connectivity index (χ4v) is 2.55. The van der Waals surface area contributed by atoms with Crippen molar-refractivity contribution in [1.82, 2.24) is 15.2 Å². The zero-order valence-corrected chi connectivity index (χ0v) is 19.1. The second-order valence-electron chi connectivity index (χ2n) is 6.28. The number of nitrogens with zero attached hydrogens (tertiary/aromatic N) is 3. The fourth-order valence-electron chi connectivity index (χ4n) is 2.55. The van der Waals surface area contributed by atoms with Crippen molar-refractivity contribution < 1.29 is 4.74 Å². The average Bonchev–Trinajstić information content (AvgIpc) is 2.71. The SMILES string of the molecule is C=CCCCN(C)C(=NCc1ccc(OCc2ccccn2)cc1)NCC.I. The third-order valence-electron chi connectivity index (χ3n) is 4.05.